The van der Waals surface area contributed by atoms with E-state index in [2.05, 4.69) is 19.2 Å². The molecule has 60 valence electrons. The van der Waals surface area contributed by atoms with Crippen LogP contribution in [0.25, 0.3) is 0 Å². The van der Waals surface area contributed by atoms with E-state index in [4.69, 9.17) is 0 Å². The second kappa shape index (κ2) is 3.97. The van der Waals surface area contributed by atoms with Crippen molar-refractivity contribution < 1.29 is 0 Å². The third-order valence-electron chi connectivity index (χ3n) is 2.24. The first-order chi connectivity index (χ1) is 4.88. The zero-order valence-corrected chi connectivity index (χ0v) is 7.19. The Labute approximate surface area is 64.2 Å². The molecule has 0 heterocycles. The lowest BCUT2D eigenvalue weighted by molar-refractivity contribution is 0.595. The van der Waals surface area contributed by atoms with E-state index in [-0.39, 0.29) is 0 Å². The molecule has 2 atom stereocenters. The summed E-state index contributed by atoms with van der Waals surface area (Å²) in [6.07, 6.45) is 5.50. The highest BCUT2D eigenvalue weighted by atomic mass is 15.0. The van der Waals surface area contributed by atoms with E-state index < -0.39 is 0 Å². The Balaban J connectivity index is 1.92. The molecule has 0 spiro atoms. The van der Waals surface area contributed by atoms with Crippen LogP contribution in [0.2, 0.25) is 0 Å². The third kappa shape index (κ3) is 2.30. The van der Waals surface area contributed by atoms with Crippen molar-refractivity contribution in [3.8, 4) is 0 Å². The van der Waals surface area contributed by atoms with E-state index >= 15 is 0 Å². The van der Waals surface area contributed by atoms with E-state index in [0.29, 0.717) is 0 Å². The van der Waals surface area contributed by atoms with Crippen LogP contribution in [0.3, 0.4) is 0 Å². The molecule has 0 bridgehead atoms. The van der Waals surface area contributed by atoms with Crippen molar-refractivity contribution in [2.24, 2.45) is 5.92 Å². The minimum atomic E-state index is 0.889. The van der Waals surface area contributed by atoms with Gasteiger partial charge >= 0.3 is 0 Å². The summed E-state index contributed by atoms with van der Waals surface area (Å²) in [7, 11) is 0. The average molecular weight is 141 g/mol. The second-order valence-electron chi connectivity index (χ2n) is 3.35. The first-order valence-electron chi connectivity index (χ1n) is 4.61. The number of nitrogens with one attached hydrogen (secondary N) is 1. The number of hydrogen-bond donors (Lipinski definition) is 1. The van der Waals surface area contributed by atoms with Crippen LogP contribution in [-0.2, 0) is 0 Å². The first-order valence-corrected chi connectivity index (χ1v) is 4.61. The van der Waals surface area contributed by atoms with E-state index in [9.17, 15) is 0 Å². The average Bonchev–Trinajstić information content (AvgIpc) is 2.65. The van der Waals surface area contributed by atoms with Crippen molar-refractivity contribution in [2.45, 2.75) is 45.6 Å². The molecule has 10 heavy (non-hydrogen) atoms. The molecule has 0 saturated heterocycles. The molecular formula is C9H19N. The van der Waals surface area contributed by atoms with Crippen molar-refractivity contribution >= 4 is 0 Å². The van der Waals surface area contributed by atoms with Gasteiger partial charge in [-0.15, -0.1) is 0 Å². The number of hydrogen-bond acceptors (Lipinski definition) is 1. The van der Waals surface area contributed by atoms with Crippen LogP contribution in [0, 0.1) is 5.92 Å². The number of rotatable bonds is 5. The Morgan fingerprint density at radius 2 is 2.10 bits per heavy atom. The minimum Gasteiger partial charge on any atom is -0.314 e. The molecule has 1 nitrogen and oxygen atoms in total. The SMILES string of the molecule is CCCNC1CC1CCC. The van der Waals surface area contributed by atoms with Crippen molar-refractivity contribution in [2.75, 3.05) is 6.54 Å². The predicted molar refractivity (Wildman–Crippen MR) is 45.1 cm³/mol. The molecule has 1 aliphatic rings. The molecule has 2 unspecified atom stereocenters. The first kappa shape index (κ1) is 8.06. The summed E-state index contributed by atoms with van der Waals surface area (Å²) in [5.74, 6) is 1.02. The molecule has 0 aromatic heterocycles. The normalized spacial score (nSPS) is 30.6. The van der Waals surface area contributed by atoms with Crippen molar-refractivity contribution in [1.82, 2.24) is 5.32 Å². The smallest absolute Gasteiger partial charge is 0.00991 e. The second-order valence-corrected chi connectivity index (χ2v) is 3.35. The molecule has 0 radical (unpaired) electrons. The quantitative estimate of drug-likeness (QED) is 0.618. The van der Waals surface area contributed by atoms with Gasteiger partial charge in [0.1, 0.15) is 0 Å². The van der Waals surface area contributed by atoms with Crippen LogP contribution < -0.4 is 5.32 Å². The molecule has 0 aliphatic heterocycles. The van der Waals surface area contributed by atoms with E-state index in [1.54, 1.807) is 0 Å². The lowest BCUT2D eigenvalue weighted by Gasteiger charge is -1.99. The monoisotopic (exact) mass is 141 g/mol. The molecule has 0 aromatic carbocycles. The van der Waals surface area contributed by atoms with Crippen LogP contribution in [0.5, 0.6) is 0 Å². The topological polar surface area (TPSA) is 12.0 Å². The van der Waals surface area contributed by atoms with Gasteiger partial charge in [-0.25, -0.2) is 0 Å². The highest BCUT2D eigenvalue weighted by Gasteiger charge is 2.34. The molecule has 1 saturated carbocycles. The summed E-state index contributed by atoms with van der Waals surface area (Å²) in [5.41, 5.74) is 0. The van der Waals surface area contributed by atoms with Gasteiger partial charge < -0.3 is 5.32 Å². The molecule has 0 amide bonds. The van der Waals surface area contributed by atoms with Crippen molar-refractivity contribution in [1.29, 1.82) is 0 Å². The Bertz CT molecular complexity index is 90.7. The lowest BCUT2D eigenvalue weighted by atomic mass is 10.2. The van der Waals surface area contributed by atoms with Gasteiger partial charge in [-0.3, -0.25) is 0 Å². The van der Waals surface area contributed by atoms with E-state index in [0.717, 1.165) is 12.0 Å². The zero-order valence-electron chi connectivity index (χ0n) is 7.19. The predicted octanol–water partition coefficient (Wildman–Crippen LogP) is 2.17. The third-order valence-corrected chi connectivity index (χ3v) is 2.24. The fourth-order valence-corrected chi connectivity index (χ4v) is 1.52. The Morgan fingerprint density at radius 3 is 2.70 bits per heavy atom. The maximum absolute atomic E-state index is 3.54. The van der Waals surface area contributed by atoms with Gasteiger partial charge in [-0.05, 0) is 31.7 Å². The molecular weight excluding hydrogens is 122 g/mol. The highest BCUT2D eigenvalue weighted by molar-refractivity contribution is 4.92. The van der Waals surface area contributed by atoms with Crippen LogP contribution in [0.4, 0.5) is 0 Å². The molecule has 1 fully saturated rings. The summed E-state index contributed by atoms with van der Waals surface area (Å²) < 4.78 is 0. The Kier molecular flexibility index (Phi) is 3.20. The van der Waals surface area contributed by atoms with Crippen molar-refractivity contribution in [3.05, 3.63) is 0 Å². The van der Waals surface area contributed by atoms with Crippen LogP contribution in [-0.4, -0.2) is 12.6 Å². The van der Waals surface area contributed by atoms with Crippen LogP contribution >= 0.6 is 0 Å². The summed E-state index contributed by atoms with van der Waals surface area (Å²) in [5, 5.41) is 3.54. The minimum absolute atomic E-state index is 0.889. The zero-order chi connectivity index (χ0) is 7.40. The largest absolute Gasteiger partial charge is 0.314 e. The molecule has 0 aromatic rings. The van der Waals surface area contributed by atoms with E-state index in [1.165, 1.54) is 32.2 Å². The van der Waals surface area contributed by atoms with Crippen LogP contribution in [0.1, 0.15) is 39.5 Å². The lowest BCUT2D eigenvalue weighted by Crippen LogP contribution is -2.18. The van der Waals surface area contributed by atoms with Gasteiger partial charge in [-0.1, -0.05) is 20.3 Å². The van der Waals surface area contributed by atoms with E-state index in [1.807, 2.05) is 0 Å². The molecule has 1 aliphatic carbocycles. The van der Waals surface area contributed by atoms with Gasteiger partial charge in [0, 0.05) is 6.04 Å². The summed E-state index contributed by atoms with van der Waals surface area (Å²) in [6, 6.07) is 0.889. The van der Waals surface area contributed by atoms with Gasteiger partial charge in [0.05, 0.1) is 0 Å². The fraction of sp³-hybridized carbons (Fsp3) is 1.00. The Morgan fingerprint density at radius 1 is 1.30 bits per heavy atom. The highest BCUT2D eigenvalue weighted by Crippen LogP contribution is 2.34. The fourth-order valence-electron chi connectivity index (χ4n) is 1.52. The van der Waals surface area contributed by atoms with Crippen LogP contribution in [0.15, 0.2) is 0 Å². The Hall–Kier alpha value is -0.0400. The summed E-state index contributed by atoms with van der Waals surface area (Å²) >= 11 is 0. The van der Waals surface area contributed by atoms with Gasteiger partial charge in [0.15, 0.2) is 0 Å². The van der Waals surface area contributed by atoms with Gasteiger partial charge in [0.2, 0.25) is 0 Å². The molecule has 1 rings (SSSR count). The molecule has 1 heteroatoms. The maximum Gasteiger partial charge on any atom is 0.00991 e. The standard InChI is InChI=1S/C9H19N/c1-3-5-8-7-9(8)10-6-4-2/h8-10H,3-7H2,1-2H3. The van der Waals surface area contributed by atoms with Crippen molar-refractivity contribution in [3.63, 3.8) is 0 Å². The van der Waals surface area contributed by atoms with Gasteiger partial charge in [0.25, 0.3) is 0 Å². The summed E-state index contributed by atoms with van der Waals surface area (Å²) in [4.78, 5) is 0. The summed E-state index contributed by atoms with van der Waals surface area (Å²) in [6.45, 7) is 5.71. The maximum atomic E-state index is 3.54. The van der Waals surface area contributed by atoms with Gasteiger partial charge in [-0.2, -0.15) is 0 Å². The molecule has 1 N–H and O–H groups in total.